The number of fused-ring (bicyclic) bond motifs is 1. The van der Waals surface area contributed by atoms with Gasteiger partial charge in [-0.15, -0.1) is 0 Å². The van der Waals surface area contributed by atoms with Gasteiger partial charge >= 0.3 is 0 Å². The Morgan fingerprint density at radius 1 is 1.27 bits per heavy atom. The molecule has 0 saturated heterocycles. The molecule has 0 aliphatic heterocycles. The molecule has 0 spiro atoms. The van der Waals surface area contributed by atoms with Crippen molar-refractivity contribution in [3.8, 4) is 0 Å². The van der Waals surface area contributed by atoms with E-state index in [4.69, 9.17) is 0 Å². The zero-order valence-corrected chi connectivity index (χ0v) is 9.28. The molecule has 0 radical (unpaired) electrons. The number of aromatic nitrogens is 2. The van der Waals surface area contributed by atoms with Crippen LogP contribution in [-0.4, -0.2) is 17.0 Å². The summed E-state index contributed by atoms with van der Waals surface area (Å²) in [6, 6.07) is 6.34. The van der Waals surface area contributed by atoms with Gasteiger partial charge in [-0.1, -0.05) is 26.0 Å². The van der Waals surface area contributed by atoms with E-state index in [9.17, 15) is 0 Å². The molecule has 1 aromatic heterocycles. The van der Waals surface area contributed by atoms with Crippen LogP contribution in [0.2, 0.25) is 0 Å². The van der Waals surface area contributed by atoms with Crippen molar-refractivity contribution in [3.05, 3.63) is 30.0 Å². The molecule has 78 valence electrons. The predicted molar refractivity (Wildman–Crippen MR) is 63.2 cm³/mol. The molecular formula is C12H15N3. The van der Waals surface area contributed by atoms with Gasteiger partial charge in [0.2, 0.25) is 5.95 Å². The molecule has 3 heteroatoms. The summed E-state index contributed by atoms with van der Waals surface area (Å²) in [5.41, 5.74) is 2.31. The van der Waals surface area contributed by atoms with Crippen LogP contribution in [0.5, 0.6) is 0 Å². The first kappa shape index (κ1) is 9.90. The van der Waals surface area contributed by atoms with Gasteiger partial charge in [0.1, 0.15) is 0 Å². The van der Waals surface area contributed by atoms with Gasteiger partial charge in [0, 0.05) is 18.6 Å². The Labute approximate surface area is 89.6 Å². The van der Waals surface area contributed by atoms with E-state index in [2.05, 4.69) is 47.3 Å². The largest absolute Gasteiger partial charge is 0.357 e. The van der Waals surface area contributed by atoms with Gasteiger partial charge in [-0.3, -0.25) is 0 Å². The lowest BCUT2D eigenvalue weighted by Gasteiger charge is -2.06. The maximum absolute atomic E-state index is 4.41. The molecule has 1 heterocycles. The Morgan fingerprint density at radius 2 is 2.07 bits per heavy atom. The summed E-state index contributed by atoms with van der Waals surface area (Å²) in [5, 5.41) is 4.03. The molecule has 1 aromatic carbocycles. The zero-order valence-electron chi connectivity index (χ0n) is 9.28. The number of nitrogens with one attached hydrogen (secondary N) is 1. The van der Waals surface area contributed by atoms with Crippen molar-refractivity contribution < 1.29 is 0 Å². The lowest BCUT2D eigenvalue weighted by molar-refractivity contribution is 0.868. The van der Waals surface area contributed by atoms with Crippen LogP contribution in [0, 0.1) is 0 Å². The lowest BCUT2D eigenvalue weighted by Crippen LogP contribution is -1.96. The second kappa shape index (κ2) is 3.85. The van der Waals surface area contributed by atoms with Crippen LogP contribution in [0.1, 0.15) is 25.3 Å². The Kier molecular flexibility index (Phi) is 2.54. The molecule has 0 fully saturated rings. The van der Waals surface area contributed by atoms with Gasteiger partial charge in [0.25, 0.3) is 0 Å². The van der Waals surface area contributed by atoms with Gasteiger partial charge in [-0.2, -0.15) is 0 Å². The normalized spacial score (nSPS) is 10.9. The molecular weight excluding hydrogens is 186 g/mol. The third-order valence-corrected chi connectivity index (χ3v) is 2.50. The van der Waals surface area contributed by atoms with Crippen molar-refractivity contribution in [3.63, 3.8) is 0 Å². The summed E-state index contributed by atoms with van der Waals surface area (Å²) in [5.74, 6) is 1.20. The van der Waals surface area contributed by atoms with E-state index >= 15 is 0 Å². The van der Waals surface area contributed by atoms with Crippen LogP contribution in [0.3, 0.4) is 0 Å². The zero-order chi connectivity index (χ0) is 10.8. The molecule has 0 aliphatic rings. The first-order valence-electron chi connectivity index (χ1n) is 5.15. The highest BCUT2D eigenvalue weighted by atomic mass is 15.1. The van der Waals surface area contributed by atoms with Crippen molar-refractivity contribution >= 4 is 16.9 Å². The van der Waals surface area contributed by atoms with Gasteiger partial charge < -0.3 is 5.32 Å². The molecule has 0 saturated carbocycles. The molecule has 15 heavy (non-hydrogen) atoms. The number of nitrogens with zero attached hydrogens (tertiary/aromatic N) is 2. The molecule has 2 rings (SSSR count). The second-order valence-corrected chi connectivity index (χ2v) is 3.92. The highest BCUT2D eigenvalue weighted by molar-refractivity contribution is 5.79. The maximum atomic E-state index is 4.41. The molecule has 0 unspecified atom stereocenters. The molecule has 0 amide bonds. The first-order valence-corrected chi connectivity index (χ1v) is 5.15. The van der Waals surface area contributed by atoms with Crippen LogP contribution in [0.15, 0.2) is 24.4 Å². The highest BCUT2D eigenvalue weighted by Gasteiger charge is 2.02. The van der Waals surface area contributed by atoms with Crippen molar-refractivity contribution in [2.75, 3.05) is 12.4 Å². The smallest absolute Gasteiger partial charge is 0.222 e. The topological polar surface area (TPSA) is 37.8 Å². The molecule has 1 N–H and O–H groups in total. The number of rotatable bonds is 2. The van der Waals surface area contributed by atoms with Crippen molar-refractivity contribution in [2.45, 2.75) is 19.8 Å². The van der Waals surface area contributed by atoms with Gasteiger partial charge in [0.15, 0.2) is 0 Å². The Balaban J connectivity index is 2.57. The maximum Gasteiger partial charge on any atom is 0.222 e. The number of anilines is 1. The summed E-state index contributed by atoms with van der Waals surface area (Å²) in [4.78, 5) is 8.59. The van der Waals surface area contributed by atoms with E-state index in [-0.39, 0.29) is 0 Å². The van der Waals surface area contributed by atoms with Crippen molar-refractivity contribution in [2.24, 2.45) is 0 Å². The SMILES string of the molecule is CNc1ncc2ccc(C(C)C)cc2n1. The van der Waals surface area contributed by atoms with Gasteiger partial charge in [-0.05, 0) is 17.5 Å². The van der Waals surface area contributed by atoms with E-state index < -0.39 is 0 Å². The third kappa shape index (κ3) is 1.91. The minimum Gasteiger partial charge on any atom is -0.357 e. The molecule has 0 atom stereocenters. The fourth-order valence-electron chi connectivity index (χ4n) is 1.52. The van der Waals surface area contributed by atoms with Crippen LogP contribution < -0.4 is 5.32 Å². The molecule has 0 bridgehead atoms. The molecule has 0 aliphatic carbocycles. The molecule has 2 aromatic rings. The van der Waals surface area contributed by atoms with Crippen molar-refractivity contribution in [1.29, 1.82) is 0 Å². The Hall–Kier alpha value is -1.64. The summed E-state index contributed by atoms with van der Waals surface area (Å²) < 4.78 is 0. The summed E-state index contributed by atoms with van der Waals surface area (Å²) >= 11 is 0. The van der Waals surface area contributed by atoms with Gasteiger partial charge in [0.05, 0.1) is 5.52 Å². The third-order valence-electron chi connectivity index (χ3n) is 2.50. The van der Waals surface area contributed by atoms with E-state index in [1.807, 2.05) is 13.2 Å². The van der Waals surface area contributed by atoms with E-state index in [0.717, 1.165) is 10.9 Å². The quantitative estimate of drug-likeness (QED) is 0.811. The average Bonchev–Trinajstić information content (AvgIpc) is 2.27. The number of hydrogen-bond acceptors (Lipinski definition) is 3. The second-order valence-electron chi connectivity index (χ2n) is 3.92. The van der Waals surface area contributed by atoms with E-state index in [1.54, 1.807) is 0 Å². The Morgan fingerprint density at radius 3 is 2.73 bits per heavy atom. The lowest BCUT2D eigenvalue weighted by atomic mass is 10.0. The standard InChI is InChI=1S/C12H15N3/c1-8(2)9-4-5-10-7-14-12(13-3)15-11(10)6-9/h4-8H,1-3H3,(H,13,14,15). The summed E-state index contributed by atoms with van der Waals surface area (Å²) in [7, 11) is 1.83. The fraction of sp³-hybridized carbons (Fsp3) is 0.333. The fourth-order valence-corrected chi connectivity index (χ4v) is 1.52. The van der Waals surface area contributed by atoms with Crippen LogP contribution >= 0.6 is 0 Å². The van der Waals surface area contributed by atoms with E-state index in [1.165, 1.54) is 5.56 Å². The minimum atomic E-state index is 0.530. The number of benzene rings is 1. The van der Waals surface area contributed by atoms with Crippen LogP contribution in [0.25, 0.3) is 10.9 Å². The summed E-state index contributed by atoms with van der Waals surface area (Å²) in [6.45, 7) is 4.36. The molecule has 3 nitrogen and oxygen atoms in total. The predicted octanol–water partition coefficient (Wildman–Crippen LogP) is 2.79. The number of hydrogen-bond donors (Lipinski definition) is 1. The van der Waals surface area contributed by atoms with E-state index in [0.29, 0.717) is 11.9 Å². The van der Waals surface area contributed by atoms with Crippen LogP contribution in [-0.2, 0) is 0 Å². The average molecular weight is 201 g/mol. The van der Waals surface area contributed by atoms with Crippen LogP contribution in [0.4, 0.5) is 5.95 Å². The van der Waals surface area contributed by atoms with Gasteiger partial charge in [-0.25, -0.2) is 9.97 Å². The van der Waals surface area contributed by atoms with Crippen molar-refractivity contribution in [1.82, 2.24) is 9.97 Å². The minimum absolute atomic E-state index is 0.530. The summed E-state index contributed by atoms with van der Waals surface area (Å²) in [6.07, 6.45) is 1.85. The first-order chi connectivity index (χ1) is 7.20. The highest BCUT2D eigenvalue weighted by Crippen LogP contribution is 2.20. The monoisotopic (exact) mass is 201 g/mol. The Bertz CT molecular complexity index is 477.